The van der Waals surface area contributed by atoms with Crippen LogP contribution in [0, 0.1) is 35.0 Å². The van der Waals surface area contributed by atoms with Gasteiger partial charge in [0.15, 0.2) is 0 Å². The normalized spacial score (nSPS) is 27.0. The van der Waals surface area contributed by atoms with Gasteiger partial charge in [0.05, 0.1) is 20.3 Å². The summed E-state index contributed by atoms with van der Waals surface area (Å²) in [5.74, 6) is 2.57. The maximum absolute atomic E-state index is 14.4. The van der Waals surface area contributed by atoms with Crippen LogP contribution < -0.4 is 10.1 Å². The van der Waals surface area contributed by atoms with Gasteiger partial charge in [0.25, 0.3) is 0 Å². The molecular formula is C44H70N4O4. The Bertz CT molecular complexity index is 1440. The number of amides is 1. The van der Waals surface area contributed by atoms with Crippen LogP contribution in [-0.4, -0.2) is 99.1 Å². The highest BCUT2D eigenvalue weighted by Crippen LogP contribution is 2.61. The summed E-state index contributed by atoms with van der Waals surface area (Å²) < 4.78 is 6.22. The number of rotatable bonds is 18. The van der Waals surface area contributed by atoms with Gasteiger partial charge in [-0.25, -0.2) is 0 Å². The predicted octanol–water partition coefficient (Wildman–Crippen LogP) is 7.07. The highest BCUT2D eigenvalue weighted by Gasteiger charge is 2.57. The Kier molecular flexibility index (Phi) is 13.9. The quantitative estimate of drug-likeness (QED) is 0.160. The standard InChI is InChI=1S/C44H70N4O4/c1-29(2)40-39(28-49)52-48(41(40)43(50)45-38-26-35-25-37(30(38)3)44(35,4)5)27-33-18-15-19-36(42(33)51-10)34-23-31(16-11-13-20-46(6)7)22-32(24-34)17-12-14-21-47(8)9/h15,18-19,22-24,29-30,35,37-41,49H,11-14,16-17,20-21,25-28H2,1-10H3,(H,45,50)/t30-,35+,37-,38-,39-,40-,41-/m0/s1. The molecule has 52 heavy (non-hydrogen) atoms. The molecule has 1 amide bonds. The van der Waals surface area contributed by atoms with Crippen molar-refractivity contribution in [2.75, 3.05) is 55.0 Å². The number of unbranched alkanes of at least 4 members (excludes halogenated alkanes) is 2. The van der Waals surface area contributed by atoms with Crippen LogP contribution >= 0.6 is 0 Å². The molecule has 1 aliphatic heterocycles. The van der Waals surface area contributed by atoms with Crippen molar-refractivity contribution in [1.29, 1.82) is 0 Å². The summed E-state index contributed by atoms with van der Waals surface area (Å²) in [6, 6.07) is 13.1. The first-order chi connectivity index (χ1) is 24.7. The molecule has 0 spiro atoms. The topological polar surface area (TPSA) is 77.5 Å². The summed E-state index contributed by atoms with van der Waals surface area (Å²) in [5, 5.41) is 15.8. The minimum Gasteiger partial charge on any atom is -0.496 e. The number of benzene rings is 2. The van der Waals surface area contributed by atoms with Gasteiger partial charge < -0.3 is 25.0 Å². The maximum atomic E-state index is 14.4. The molecule has 4 fully saturated rings. The highest BCUT2D eigenvalue weighted by atomic mass is 16.7. The minimum atomic E-state index is -0.511. The summed E-state index contributed by atoms with van der Waals surface area (Å²) in [5.41, 5.74) is 6.29. The summed E-state index contributed by atoms with van der Waals surface area (Å²) in [7, 11) is 10.3. The Balaban J connectivity index is 1.41. The number of methoxy groups -OCH3 is 1. The van der Waals surface area contributed by atoms with E-state index in [0.29, 0.717) is 29.7 Å². The van der Waals surface area contributed by atoms with Gasteiger partial charge in [-0.2, -0.15) is 5.06 Å². The van der Waals surface area contributed by atoms with E-state index in [1.54, 1.807) is 7.11 Å². The van der Waals surface area contributed by atoms with Crippen LogP contribution in [0.25, 0.3) is 11.1 Å². The Hall–Kier alpha value is -2.49. The molecule has 3 saturated carbocycles. The Morgan fingerprint density at radius 2 is 1.63 bits per heavy atom. The fraction of sp³-hybridized carbons (Fsp3) is 0.705. The number of aryl methyl sites for hydroxylation is 2. The van der Waals surface area contributed by atoms with E-state index in [2.05, 4.69) is 114 Å². The summed E-state index contributed by atoms with van der Waals surface area (Å²) in [6.07, 6.45) is 8.59. The van der Waals surface area contributed by atoms with Gasteiger partial charge in [0, 0.05) is 23.1 Å². The van der Waals surface area contributed by atoms with Gasteiger partial charge in [-0.1, -0.05) is 71.0 Å². The van der Waals surface area contributed by atoms with Gasteiger partial charge in [-0.3, -0.25) is 9.63 Å². The molecule has 6 rings (SSSR count). The smallest absolute Gasteiger partial charge is 0.240 e. The van der Waals surface area contributed by atoms with Crippen LogP contribution in [0.3, 0.4) is 0 Å². The molecule has 7 atom stereocenters. The molecule has 8 heteroatoms. The van der Waals surface area contributed by atoms with E-state index < -0.39 is 12.1 Å². The number of para-hydroxylation sites is 1. The van der Waals surface area contributed by atoms with Gasteiger partial charge in [0.1, 0.15) is 17.9 Å². The molecule has 2 N–H and O–H groups in total. The molecule has 2 aromatic carbocycles. The molecule has 1 heterocycles. The van der Waals surface area contributed by atoms with Crippen molar-refractivity contribution < 1.29 is 19.5 Å². The van der Waals surface area contributed by atoms with E-state index >= 15 is 0 Å². The lowest BCUT2D eigenvalue weighted by Gasteiger charge is -2.62. The molecule has 290 valence electrons. The fourth-order valence-electron chi connectivity index (χ4n) is 9.77. The maximum Gasteiger partial charge on any atom is 0.240 e. The molecule has 0 unspecified atom stereocenters. The second-order valence-electron chi connectivity index (χ2n) is 17.8. The van der Waals surface area contributed by atoms with Crippen molar-refractivity contribution in [2.24, 2.45) is 35.0 Å². The second kappa shape index (κ2) is 17.8. The average molecular weight is 719 g/mol. The number of aliphatic hydroxyl groups excluding tert-OH is 1. The lowest BCUT2D eigenvalue weighted by Crippen LogP contribution is -2.62. The first kappa shape index (κ1) is 40.7. The van der Waals surface area contributed by atoms with Crippen molar-refractivity contribution in [3.8, 4) is 16.9 Å². The number of aliphatic hydroxyl groups is 1. The number of nitrogens with zero attached hydrogens (tertiary/aromatic N) is 3. The van der Waals surface area contributed by atoms with Crippen LogP contribution in [0.15, 0.2) is 36.4 Å². The fourth-order valence-corrected chi connectivity index (χ4v) is 9.77. The molecular weight excluding hydrogens is 649 g/mol. The highest BCUT2D eigenvalue weighted by molar-refractivity contribution is 5.83. The monoisotopic (exact) mass is 719 g/mol. The Morgan fingerprint density at radius 3 is 2.15 bits per heavy atom. The van der Waals surface area contributed by atoms with Crippen LogP contribution in [-0.2, 0) is 29.0 Å². The van der Waals surface area contributed by atoms with Crippen molar-refractivity contribution in [3.63, 3.8) is 0 Å². The average Bonchev–Trinajstić information content (AvgIpc) is 3.47. The lowest BCUT2D eigenvalue weighted by atomic mass is 9.45. The zero-order chi connectivity index (χ0) is 37.7. The second-order valence-corrected chi connectivity index (χ2v) is 17.8. The zero-order valence-electron chi connectivity index (χ0n) is 34.1. The molecule has 1 saturated heterocycles. The van der Waals surface area contributed by atoms with Crippen LogP contribution in [0.5, 0.6) is 5.75 Å². The Labute approximate surface area is 315 Å². The van der Waals surface area contributed by atoms with Crippen molar-refractivity contribution in [2.45, 2.75) is 111 Å². The summed E-state index contributed by atoms with van der Waals surface area (Å²) >= 11 is 0. The van der Waals surface area contributed by atoms with Crippen molar-refractivity contribution in [3.05, 3.63) is 53.1 Å². The third kappa shape index (κ3) is 9.23. The summed E-state index contributed by atoms with van der Waals surface area (Å²) in [4.78, 5) is 25.4. The number of hydrogen-bond donors (Lipinski definition) is 2. The van der Waals surface area contributed by atoms with E-state index in [1.165, 1.54) is 36.0 Å². The van der Waals surface area contributed by atoms with Crippen LogP contribution in [0.1, 0.15) is 89.8 Å². The molecule has 2 bridgehead atoms. The molecule has 2 aromatic rings. The van der Waals surface area contributed by atoms with E-state index in [-0.39, 0.29) is 30.4 Å². The largest absolute Gasteiger partial charge is 0.496 e. The summed E-state index contributed by atoms with van der Waals surface area (Å²) in [6.45, 7) is 13.8. The first-order valence-electron chi connectivity index (χ1n) is 20.2. The number of carbonyl (C=O) groups excluding carboxylic acids is 1. The van der Waals surface area contributed by atoms with Crippen molar-refractivity contribution >= 4 is 5.91 Å². The van der Waals surface area contributed by atoms with Gasteiger partial charge >= 0.3 is 0 Å². The predicted molar refractivity (Wildman–Crippen MR) is 212 cm³/mol. The number of hydroxylamine groups is 2. The van der Waals surface area contributed by atoms with E-state index in [1.807, 2.05) is 5.06 Å². The molecule has 4 aliphatic rings. The molecule has 0 radical (unpaired) electrons. The number of carbonyl (C=O) groups is 1. The first-order valence-corrected chi connectivity index (χ1v) is 20.2. The zero-order valence-corrected chi connectivity index (χ0v) is 34.1. The third-order valence-corrected chi connectivity index (χ3v) is 12.9. The van der Waals surface area contributed by atoms with E-state index in [9.17, 15) is 9.90 Å². The van der Waals surface area contributed by atoms with Gasteiger partial charge in [-0.05, 0) is 138 Å². The third-order valence-electron chi connectivity index (χ3n) is 12.9. The molecule has 0 aromatic heterocycles. The van der Waals surface area contributed by atoms with E-state index in [4.69, 9.17) is 9.57 Å². The van der Waals surface area contributed by atoms with E-state index in [0.717, 1.165) is 62.1 Å². The Morgan fingerprint density at radius 1 is 1.00 bits per heavy atom. The van der Waals surface area contributed by atoms with Crippen LogP contribution in [0.2, 0.25) is 0 Å². The van der Waals surface area contributed by atoms with Gasteiger partial charge in [-0.15, -0.1) is 0 Å². The van der Waals surface area contributed by atoms with Crippen LogP contribution in [0.4, 0.5) is 0 Å². The molecule has 3 aliphatic carbocycles. The number of ether oxygens (including phenoxy) is 1. The lowest BCUT2D eigenvalue weighted by molar-refractivity contribution is -0.183. The molecule has 8 nitrogen and oxygen atoms in total. The minimum absolute atomic E-state index is 0.0154. The number of hydrogen-bond acceptors (Lipinski definition) is 7. The van der Waals surface area contributed by atoms with Crippen molar-refractivity contribution in [1.82, 2.24) is 20.2 Å². The number of nitrogens with one attached hydrogen (secondary N) is 1. The number of fused-ring (bicyclic) bond motifs is 2. The SMILES string of the molecule is COc1c(CN2O[C@@H](CO)[C@H](C(C)C)[C@H]2C(=O)N[C@H]2C[C@H]3C[C@@H]([C@@H]2C)C3(C)C)cccc1-c1cc(CCCCN(C)C)cc(CCCCN(C)C)c1. The van der Waals surface area contributed by atoms with Gasteiger partial charge in [0.2, 0.25) is 5.91 Å².